The Morgan fingerprint density at radius 1 is 0.548 bits per heavy atom. The van der Waals surface area contributed by atoms with E-state index in [1.807, 2.05) is 0 Å². The second-order valence-electron chi connectivity index (χ2n) is 5.74. The predicted molar refractivity (Wildman–Crippen MR) is 132 cm³/mol. The molecule has 14 heteroatoms. The van der Waals surface area contributed by atoms with Crippen LogP contribution in [0.3, 0.4) is 0 Å². The third-order valence-electron chi connectivity index (χ3n) is 3.95. The lowest BCUT2D eigenvalue weighted by molar-refractivity contribution is -0.384. The van der Waals surface area contributed by atoms with Gasteiger partial charge < -0.3 is 0 Å². The fourth-order valence-electron chi connectivity index (χ4n) is 2.54. The van der Waals surface area contributed by atoms with Crippen molar-refractivity contribution < 1.29 is 4.92 Å². The minimum atomic E-state index is -0.670. The number of aromatic nitrogens is 1. The van der Waals surface area contributed by atoms with Gasteiger partial charge in [0.15, 0.2) is 0 Å². The number of hydrogen-bond donors (Lipinski definition) is 0. The van der Waals surface area contributed by atoms with E-state index in [0.29, 0.717) is 0 Å². The zero-order chi connectivity index (χ0) is 23.4. The van der Waals surface area contributed by atoms with Crippen LogP contribution in [0.2, 0.25) is 50.2 Å². The molecule has 0 bridgehead atoms. The summed E-state index contributed by atoms with van der Waals surface area (Å²) in [5, 5.41) is 10.5. The maximum Gasteiger partial charge on any atom is 0.273 e. The Hall–Kier alpha value is -0.110. The van der Waals surface area contributed by atoms with E-state index in [2.05, 4.69) is 4.98 Å². The van der Waals surface area contributed by atoms with E-state index in [0.717, 1.165) is 12.1 Å². The van der Waals surface area contributed by atoms with Crippen molar-refractivity contribution in [1.29, 1.82) is 0 Å². The Morgan fingerprint density at radius 3 is 1.06 bits per heavy atom. The normalized spacial score (nSPS) is 11.2. The first-order valence-corrected chi connectivity index (χ1v) is 11.4. The molecule has 162 valence electrons. The fraction of sp³-hybridized carbons (Fsp3) is 0. The van der Waals surface area contributed by atoms with Crippen LogP contribution >= 0.6 is 116 Å². The van der Waals surface area contributed by atoms with E-state index in [1.165, 1.54) is 0 Å². The van der Waals surface area contributed by atoms with Crippen LogP contribution in [0, 0.1) is 10.1 Å². The highest BCUT2D eigenvalue weighted by atomic mass is 35.5. The standard InChI is InChI=1S/C17H2Cl10N2O2/c18-8-6(9(19)13(23)16(26)12(8)22)4-1-3(29(30)31)2-5(28-4)7-10(20)14(24)17(27)15(25)11(7)21/h1-2H. The third-order valence-corrected chi connectivity index (χ3v) is 8.51. The maximum atomic E-state index is 11.6. The van der Waals surface area contributed by atoms with Crippen LogP contribution in [0.25, 0.3) is 22.5 Å². The Balaban J connectivity index is 2.45. The Morgan fingerprint density at radius 2 is 0.806 bits per heavy atom. The summed E-state index contributed by atoms with van der Waals surface area (Å²) in [6, 6.07) is 2.22. The molecule has 3 rings (SSSR count). The monoisotopic (exact) mass is 616 g/mol. The number of benzene rings is 2. The van der Waals surface area contributed by atoms with Crippen molar-refractivity contribution in [2.24, 2.45) is 0 Å². The first kappa shape index (κ1) is 25.5. The van der Waals surface area contributed by atoms with Crippen molar-refractivity contribution in [1.82, 2.24) is 4.98 Å². The van der Waals surface area contributed by atoms with Crippen molar-refractivity contribution in [3.63, 3.8) is 0 Å². The van der Waals surface area contributed by atoms with Crippen molar-refractivity contribution in [2.45, 2.75) is 0 Å². The SMILES string of the molecule is O=[N+]([O-])c1cc(-c2c(Cl)c(Cl)c(Cl)c(Cl)c2Cl)nc(-c2c(Cl)c(Cl)c(Cl)c(Cl)c2Cl)c1. The molecule has 3 aromatic rings. The maximum absolute atomic E-state index is 11.6. The van der Waals surface area contributed by atoms with Gasteiger partial charge in [-0.05, 0) is 0 Å². The second kappa shape index (κ2) is 9.63. The first-order chi connectivity index (χ1) is 14.4. The minimum absolute atomic E-state index is 0.00563. The number of halogens is 10. The highest BCUT2D eigenvalue weighted by Gasteiger charge is 2.27. The number of hydrogen-bond acceptors (Lipinski definition) is 3. The van der Waals surface area contributed by atoms with Crippen LogP contribution < -0.4 is 0 Å². The van der Waals surface area contributed by atoms with Gasteiger partial charge in [-0.2, -0.15) is 0 Å². The quantitative estimate of drug-likeness (QED) is 0.127. The summed E-state index contributed by atoms with van der Waals surface area (Å²) >= 11 is 61.7. The number of nitrogens with zero attached hydrogens (tertiary/aromatic N) is 2. The van der Waals surface area contributed by atoms with Gasteiger partial charge in [-0.25, -0.2) is 4.98 Å². The summed E-state index contributed by atoms with van der Waals surface area (Å²) in [4.78, 5) is 15.3. The molecule has 31 heavy (non-hydrogen) atoms. The van der Waals surface area contributed by atoms with Crippen LogP contribution in [-0.2, 0) is 0 Å². The smallest absolute Gasteiger partial charge is 0.258 e. The summed E-state index contributed by atoms with van der Waals surface area (Å²) in [6.45, 7) is 0. The van der Waals surface area contributed by atoms with Crippen LogP contribution in [-0.4, -0.2) is 9.91 Å². The van der Waals surface area contributed by atoms with Gasteiger partial charge >= 0.3 is 0 Å². The molecule has 0 saturated heterocycles. The lowest BCUT2D eigenvalue weighted by Crippen LogP contribution is -1.97. The van der Waals surface area contributed by atoms with Gasteiger partial charge in [0.25, 0.3) is 5.69 Å². The van der Waals surface area contributed by atoms with Crippen molar-refractivity contribution >= 4 is 122 Å². The van der Waals surface area contributed by atoms with Crippen LogP contribution in [0.1, 0.15) is 0 Å². The molecule has 0 radical (unpaired) electrons. The topological polar surface area (TPSA) is 56.0 Å². The second-order valence-corrected chi connectivity index (χ2v) is 9.52. The van der Waals surface area contributed by atoms with E-state index in [4.69, 9.17) is 116 Å². The molecule has 0 aliphatic heterocycles. The van der Waals surface area contributed by atoms with Gasteiger partial charge in [-0.1, -0.05) is 116 Å². The summed E-state index contributed by atoms with van der Waals surface area (Å²) in [5.41, 5.74) is -0.510. The molecule has 0 fully saturated rings. The molecule has 0 atom stereocenters. The molecule has 2 aromatic carbocycles. The summed E-state index contributed by atoms with van der Waals surface area (Å²) in [6.07, 6.45) is 0. The van der Waals surface area contributed by atoms with Crippen LogP contribution in [0.5, 0.6) is 0 Å². The molecule has 0 spiro atoms. The van der Waals surface area contributed by atoms with E-state index in [-0.39, 0.29) is 72.7 Å². The molecule has 0 unspecified atom stereocenters. The zero-order valence-electron chi connectivity index (χ0n) is 14.1. The molecular formula is C17H2Cl10N2O2. The van der Waals surface area contributed by atoms with E-state index < -0.39 is 10.6 Å². The van der Waals surface area contributed by atoms with Crippen molar-refractivity contribution in [3.05, 3.63) is 72.5 Å². The van der Waals surface area contributed by atoms with Crippen molar-refractivity contribution in [2.75, 3.05) is 0 Å². The first-order valence-electron chi connectivity index (χ1n) is 7.58. The van der Waals surface area contributed by atoms with E-state index >= 15 is 0 Å². The molecule has 1 heterocycles. The summed E-state index contributed by atoms with van der Waals surface area (Å²) in [7, 11) is 0. The molecule has 0 saturated carbocycles. The van der Waals surface area contributed by atoms with Crippen molar-refractivity contribution in [3.8, 4) is 22.5 Å². The third kappa shape index (κ3) is 4.50. The average molecular weight is 621 g/mol. The van der Waals surface area contributed by atoms with E-state index in [1.54, 1.807) is 0 Å². The van der Waals surface area contributed by atoms with Gasteiger partial charge in [0, 0.05) is 23.3 Å². The Bertz CT molecular complexity index is 1130. The number of pyridine rings is 1. The number of nitro groups is 1. The van der Waals surface area contributed by atoms with Gasteiger partial charge in [0.05, 0.1) is 66.5 Å². The van der Waals surface area contributed by atoms with Gasteiger partial charge in [-0.15, -0.1) is 0 Å². The lowest BCUT2D eigenvalue weighted by Gasteiger charge is -2.15. The zero-order valence-corrected chi connectivity index (χ0v) is 21.7. The van der Waals surface area contributed by atoms with Gasteiger partial charge in [0.1, 0.15) is 0 Å². The fourth-order valence-corrected chi connectivity index (χ4v) is 5.20. The molecule has 0 amide bonds. The summed E-state index contributed by atoms with van der Waals surface area (Å²) in [5.74, 6) is 0. The average Bonchev–Trinajstić information content (AvgIpc) is 2.73. The molecule has 0 N–H and O–H groups in total. The predicted octanol–water partition coefficient (Wildman–Crippen LogP) is 10.9. The minimum Gasteiger partial charge on any atom is -0.258 e. The van der Waals surface area contributed by atoms with Crippen LogP contribution in [0.4, 0.5) is 5.69 Å². The largest absolute Gasteiger partial charge is 0.273 e. The summed E-state index contributed by atoms with van der Waals surface area (Å²) < 4.78 is 0. The Kier molecular flexibility index (Phi) is 7.93. The van der Waals surface area contributed by atoms with Gasteiger partial charge in [-0.3, -0.25) is 10.1 Å². The Labute approximate surface area is 224 Å². The molecule has 0 aliphatic carbocycles. The lowest BCUT2D eigenvalue weighted by atomic mass is 10.1. The highest BCUT2D eigenvalue weighted by molar-refractivity contribution is 6.57. The highest BCUT2D eigenvalue weighted by Crippen LogP contribution is 2.51. The number of rotatable bonds is 3. The molecular weight excluding hydrogens is 619 g/mol. The molecule has 4 nitrogen and oxygen atoms in total. The molecule has 1 aromatic heterocycles. The van der Waals surface area contributed by atoms with Crippen LogP contribution in [0.15, 0.2) is 12.1 Å². The van der Waals surface area contributed by atoms with Gasteiger partial charge in [0.2, 0.25) is 0 Å². The van der Waals surface area contributed by atoms with E-state index in [9.17, 15) is 10.1 Å². The molecule has 0 aliphatic rings.